The third kappa shape index (κ3) is 5.26. The maximum absolute atomic E-state index is 12.5. The Morgan fingerprint density at radius 3 is 2.09 bits per heavy atom. The molecule has 0 unspecified atom stereocenters. The minimum absolute atomic E-state index is 0.201. The molecule has 0 aromatic heterocycles. The fourth-order valence-corrected chi connectivity index (χ4v) is 3.97. The van der Waals surface area contributed by atoms with Crippen molar-refractivity contribution in [3.63, 3.8) is 0 Å². The molecule has 1 aromatic carbocycles. The Morgan fingerprint density at radius 1 is 1.09 bits per heavy atom. The number of hydrogen-bond donors (Lipinski definition) is 0. The number of likely N-dealkylation sites (tertiary alicyclic amines) is 1. The monoisotopic (exact) mass is 378 g/mol. The topological polar surface area (TPSA) is 57.7 Å². The van der Waals surface area contributed by atoms with Gasteiger partial charge in [0, 0.05) is 23.1 Å². The van der Waals surface area contributed by atoms with Crippen LogP contribution in [0.5, 0.6) is 0 Å². The van der Waals surface area contributed by atoms with Gasteiger partial charge in [-0.3, -0.25) is 9.10 Å². The van der Waals surface area contributed by atoms with Gasteiger partial charge in [-0.25, -0.2) is 8.42 Å². The van der Waals surface area contributed by atoms with E-state index in [-0.39, 0.29) is 12.5 Å². The van der Waals surface area contributed by atoms with E-state index in [1.54, 1.807) is 4.90 Å². The second-order valence-corrected chi connectivity index (χ2v) is 8.47. The van der Waals surface area contributed by atoms with E-state index in [2.05, 4.69) is 0 Å². The van der Waals surface area contributed by atoms with Crippen molar-refractivity contribution in [3.8, 4) is 0 Å². The summed E-state index contributed by atoms with van der Waals surface area (Å²) in [6, 6.07) is 4.50. The summed E-state index contributed by atoms with van der Waals surface area (Å²) in [5.41, 5.74) is 0.299. The Morgan fingerprint density at radius 2 is 1.61 bits per heavy atom. The van der Waals surface area contributed by atoms with Gasteiger partial charge in [-0.2, -0.15) is 0 Å². The molecule has 1 aliphatic rings. The summed E-state index contributed by atoms with van der Waals surface area (Å²) in [6.07, 6.45) is 5.17. The molecule has 0 N–H and O–H groups in total. The minimum atomic E-state index is -3.63. The lowest BCUT2D eigenvalue weighted by molar-refractivity contribution is -0.129. The average molecular weight is 379 g/mol. The number of amides is 1. The number of carbonyl (C=O) groups is 1. The van der Waals surface area contributed by atoms with Crippen LogP contribution in [0.1, 0.15) is 25.7 Å². The predicted molar refractivity (Wildman–Crippen MR) is 93.7 cm³/mol. The first-order valence-electron chi connectivity index (χ1n) is 7.49. The normalized spacial score (nSPS) is 16.0. The summed E-state index contributed by atoms with van der Waals surface area (Å²) in [7, 11) is -3.63. The molecular weight excluding hydrogens is 359 g/mol. The Bertz CT molecular complexity index is 651. The van der Waals surface area contributed by atoms with Crippen molar-refractivity contribution < 1.29 is 13.2 Å². The maximum atomic E-state index is 12.5. The van der Waals surface area contributed by atoms with Gasteiger partial charge in [0.1, 0.15) is 6.54 Å². The highest BCUT2D eigenvalue weighted by Crippen LogP contribution is 2.27. The molecule has 0 saturated carbocycles. The van der Waals surface area contributed by atoms with Crippen LogP contribution in [0.2, 0.25) is 10.0 Å². The first-order chi connectivity index (χ1) is 10.8. The van der Waals surface area contributed by atoms with Crippen molar-refractivity contribution in [2.45, 2.75) is 25.7 Å². The third-order valence-corrected chi connectivity index (χ3v) is 5.35. The van der Waals surface area contributed by atoms with E-state index in [0.29, 0.717) is 28.8 Å². The van der Waals surface area contributed by atoms with Crippen molar-refractivity contribution in [2.24, 2.45) is 0 Å². The number of sulfonamides is 1. The van der Waals surface area contributed by atoms with E-state index in [4.69, 9.17) is 23.2 Å². The standard InChI is InChI=1S/C15H20Cl2N2O3S/c1-23(21,22)19(14-9-12(16)8-13(17)10-14)11-15(20)18-6-4-2-3-5-7-18/h8-10H,2-7,11H2,1H3. The Labute approximate surface area is 147 Å². The van der Waals surface area contributed by atoms with Gasteiger partial charge in [-0.15, -0.1) is 0 Å². The number of hydrogen-bond acceptors (Lipinski definition) is 3. The molecule has 128 valence electrons. The third-order valence-electron chi connectivity index (χ3n) is 3.77. The highest BCUT2D eigenvalue weighted by atomic mass is 35.5. The molecule has 1 heterocycles. The molecule has 0 spiro atoms. The molecule has 23 heavy (non-hydrogen) atoms. The number of rotatable bonds is 4. The van der Waals surface area contributed by atoms with Gasteiger partial charge in [0.25, 0.3) is 0 Å². The molecule has 8 heteroatoms. The number of anilines is 1. The van der Waals surface area contributed by atoms with Gasteiger partial charge < -0.3 is 4.90 Å². The lowest BCUT2D eigenvalue weighted by atomic mass is 10.2. The van der Waals surface area contributed by atoms with Crippen LogP contribution < -0.4 is 4.31 Å². The molecular formula is C15H20Cl2N2O3S. The van der Waals surface area contributed by atoms with Crippen LogP contribution in [-0.4, -0.2) is 45.1 Å². The van der Waals surface area contributed by atoms with Crippen molar-refractivity contribution in [1.82, 2.24) is 4.90 Å². The number of benzene rings is 1. The van der Waals surface area contributed by atoms with Gasteiger partial charge in [-0.05, 0) is 31.0 Å². The maximum Gasteiger partial charge on any atom is 0.243 e. The van der Waals surface area contributed by atoms with Gasteiger partial charge in [0.2, 0.25) is 15.9 Å². The van der Waals surface area contributed by atoms with E-state index < -0.39 is 10.0 Å². The second kappa shape index (κ2) is 7.73. The number of halogens is 2. The summed E-state index contributed by atoms with van der Waals surface area (Å²) in [6.45, 7) is 1.11. The molecule has 5 nitrogen and oxygen atoms in total. The van der Waals surface area contributed by atoms with Gasteiger partial charge in [-0.1, -0.05) is 36.0 Å². The summed E-state index contributed by atoms with van der Waals surface area (Å²) >= 11 is 11.9. The molecule has 0 bridgehead atoms. The largest absolute Gasteiger partial charge is 0.341 e. The fraction of sp³-hybridized carbons (Fsp3) is 0.533. The molecule has 0 radical (unpaired) electrons. The van der Waals surface area contributed by atoms with Crippen LogP contribution in [0.15, 0.2) is 18.2 Å². The van der Waals surface area contributed by atoms with Crippen molar-refractivity contribution >= 4 is 44.8 Å². The smallest absolute Gasteiger partial charge is 0.243 e. The Balaban J connectivity index is 2.24. The summed E-state index contributed by atoms with van der Waals surface area (Å²) < 4.78 is 25.3. The first-order valence-corrected chi connectivity index (χ1v) is 10.1. The van der Waals surface area contributed by atoms with E-state index in [1.165, 1.54) is 18.2 Å². The quantitative estimate of drug-likeness (QED) is 0.808. The molecule has 0 aliphatic carbocycles. The highest BCUT2D eigenvalue weighted by Gasteiger charge is 2.25. The fourth-order valence-electron chi connectivity index (χ4n) is 2.63. The molecule has 1 aromatic rings. The summed E-state index contributed by atoms with van der Waals surface area (Å²) in [5, 5.41) is 0.645. The number of carbonyl (C=O) groups excluding carboxylic acids is 1. The van der Waals surface area contributed by atoms with E-state index in [1.807, 2.05) is 0 Å². The molecule has 1 aliphatic heterocycles. The van der Waals surface area contributed by atoms with Gasteiger partial charge in [0.05, 0.1) is 11.9 Å². The van der Waals surface area contributed by atoms with E-state index in [0.717, 1.165) is 36.2 Å². The van der Waals surface area contributed by atoms with Crippen molar-refractivity contribution in [3.05, 3.63) is 28.2 Å². The van der Waals surface area contributed by atoms with E-state index >= 15 is 0 Å². The zero-order chi connectivity index (χ0) is 17.0. The molecule has 1 amide bonds. The summed E-state index contributed by atoms with van der Waals surface area (Å²) in [5.74, 6) is -0.201. The van der Waals surface area contributed by atoms with Crippen LogP contribution in [0.3, 0.4) is 0 Å². The minimum Gasteiger partial charge on any atom is -0.341 e. The van der Waals surface area contributed by atoms with Crippen LogP contribution in [0.4, 0.5) is 5.69 Å². The van der Waals surface area contributed by atoms with Gasteiger partial charge in [0.15, 0.2) is 0 Å². The number of nitrogens with zero attached hydrogens (tertiary/aromatic N) is 2. The molecule has 1 saturated heterocycles. The predicted octanol–water partition coefficient (Wildman–Crippen LogP) is 3.16. The van der Waals surface area contributed by atoms with Crippen LogP contribution >= 0.6 is 23.2 Å². The lowest BCUT2D eigenvalue weighted by Gasteiger charge is -2.27. The zero-order valence-corrected chi connectivity index (χ0v) is 15.3. The SMILES string of the molecule is CS(=O)(=O)N(CC(=O)N1CCCCCC1)c1cc(Cl)cc(Cl)c1. The second-order valence-electron chi connectivity index (χ2n) is 5.69. The van der Waals surface area contributed by atoms with Gasteiger partial charge >= 0.3 is 0 Å². The molecule has 1 fully saturated rings. The average Bonchev–Trinajstić information content (AvgIpc) is 2.71. The van der Waals surface area contributed by atoms with Crippen LogP contribution in [0.25, 0.3) is 0 Å². The molecule has 0 atom stereocenters. The van der Waals surface area contributed by atoms with Crippen molar-refractivity contribution in [1.29, 1.82) is 0 Å². The lowest BCUT2D eigenvalue weighted by Crippen LogP contribution is -2.43. The van der Waals surface area contributed by atoms with Crippen molar-refractivity contribution in [2.75, 3.05) is 30.2 Å². The van der Waals surface area contributed by atoms with E-state index in [9.17, 15) is 13.2 Å². The van der Waals surface area contributed by atoms with Crippen LogP contribution in [0, 0.1) is 0 Å². The Hall–Kier alpha value is -0.980. The first kappa shape index (κ1) is 18.4. The highest BCUT2D eigenvalue weighted by molar-refractivity contribution is 7.92. The van der Waals surface area contributed by atoms with Crippen LogP contribution in [-0.2, 0) is 14.8 Å². The molecule has 2 rings (SSSR count). The summed E-state index contributed by atoms with van der Waals surface area (Å²) in [4.78, 5) is 14.2. The Kier molecular flexibility index (Phi) is 6.17. The zero-order valence-electron chi connectivity index (χ0n) is 13.0.